The molecule has 110 valence electrons. The highest BCUT2D eigenvalue weighted by Gasteiger charge is 2.15. The van der Waals surface area contributed by atoms with Crippen molar-refractivity contribution < 1.29 is 9.53 Å². The number of hydrogen-bond acceptors (Lipinski definition) is 3. The Hall–Kier alpha value is -2.01. The lowest BCUT2D eigenvalue weighted by Crippen LogP contribution is -2.27. The molecular weight excluding hydrogens is 332 g/mol. The molecule has 0 aliphatic rings. The predicted molar refractivity (Wildman–Crippen MR) is 87.4 cm³/mol. The molecule has 0 heterocycles. The predicted octanol–water partition coefficient (Wildman–Crippen LogP) is 3.53. The molecule has 0 aliphatic heterocycles. The Bertz CT molecular complexity index is 641. The van der Waals surface area contributed by atoms with Crippen molar-refractivity contribution in [1.29, 1.82) is 0 Å². The van der Waals surface area contributed by atoms with Crippen molar-refractivity contribution in [1.82, 2.24) is 5.32 Å². The van der Waals surface area contributed by atoms with Crippen molar-refractivity contribution in [3.8, 4) is 5.75 Å². The molecule has 0 saturated carbocycles. The Morgan fingerprint density at radius 2 is 1.90 bits per heavy atom. The van der Waals surface area contributed by atoms with Gasteiger partial charge in [0.25, 0.3) is 5.91 Å². The topological polar surface area (TPSA) is 64.3 Å². The third-order valence-corrected chi connectivity index (χ3v) is 3.71. The summed E-state index contributed by atoms with van der Waals surface area (Å²) in [5.41, 5.74) is 7.72. The third kappa shape index (κ3) is 3.76. The van der Waals surface area contributed by atoms with Crippen LogP contribution in [0.25, 0.3) is 0 Å². The molecule has 0 fully saturated rings. The van der Waals surface area contributed by atoms with Crippen molar-refractivity contribution in [3.63, 3.8) is 0 Å². The molecule has 0 bridgehead atoms. The molecule has 4 nitrogen and oxygen atoms in total. The van der Waals surface area contributed by atoms with E-state index >= 15 is 0 Å². The molecule has 21 heavy (non-hydrogen) atoms. The molecule has 0 saturated heterocycles. The maximum atomic E-state index is 12.4. The maximum absolute atomic E-state index is 12.4. The number of rotatable bonds is 4. The van der Waals surface area contributed by atoms with Gasteiger partial charge in [0, 0.05) is 10.2 Å². The van der Waals surface area contributed by atoms with E-state index in [1.54, 1.807) is 18.2 Å². The van der Waals surface area contributed by atoms with Gasteiger partial charge in [0.1, 0.15) is 5.75 Å². The first-order valence-corrected chi connectivity index (χ1v) is 7.30. The van der Waals surface area contributed by atoms with Crippen LogP contribution in [-0.4, -0.2) is 13.0 Å². The van der Waals surface area contributed by atoms with E-state index < -0.39 is 0 Å². The second-order valence-electron chi connectivity index (χ2n) is 4.71. The van der Waals surface area contributed by atoms with Gasteiger partial charge in [0.05, 0.1) is 18.7 Å². The summed E-state index contributed by atoms with van der Waals surface area (Å²) < 4.78 is 6.20. The van der Waals surface area contributed by atoms with Crippen LogP contribution >= 0.6 is 15.9 Å². The van der Waals surface area contributed by atoms with Gasteiger partial charge in [-0.15, -0.1) is 0 Å². The minimum atomic E-state index is -0.213. The van der Waals surface area contributed by atoms with Gasteiger partial charge in [-0.2, -0.15) is 0 Å². The average molecular weight is 349 g/mol. The van der Waals surface area contributed by atoms with Crippen LogP contribution in [0.5, 0.6) is 5.75 Å². The minimum absolute atomic E-state index is 0.114. The quantitative estimate of drug-likeness (QED) is 0.830. The van der Waals surface area contributed by atoms with Crippen LogP contribution in [0, 0.1) is 0 Å². The summed E-state index contributed by atoms with van der Waals surface area (Å²) in [6.07, 6.45) is 0. The number of hydrogen-bond donors (Lipinski definition) is 2. The van der Waals surface area contributed by atoms with Crippen LogP contribution in [0.15, 0.2) is 46.9 Å². The van der Waals surface area contributed by atoms with E-state index in [4.69, 9.17) is 10.5 Å². The second-order valence-corrected chi connectivity index (χ2v) is 5.62. The van der Waals surface area contributed by atoms with Gasteiger partial charge in [0.15, 0.2) is 0 Å². The first kappa shape index (κ1) is 15.4. The summed E-state index contributed by atoms with van der Waals surface area (Å²) in [5.74, 6) is 0.291. The van der Waals surface area contributed by atoms with Gasteiger partial charge < -0.3 is 15.8 Å². The molecular formula is C16H17BrN2O2. The molecule has 2 aromatic carbocycles. The summed E-state index contributed by atoms with van der Waals surface area (Å²) in [6, 6.07) is 12.7. The highest BCUT2D eigenvalue weighted by atomic mass is 79.9. The van der Waals surface area contributed by atoms with Gasteiger partial charge in [-0.3, -0.25) is 4.79 Å². The summed E-state index contributed by atoms with van der Waals surface area (Å²) >= 11 is 3.39. The zero-order chi connectivity index (χ0) is 15.4. The van der Waals surface area contributed by atoms with E-state index in [1.807, 2.05) is 31.2 Å². The van der Waals surface area contributed by atoms with Crippen LogP contribution in [0.3, 0.4) is 0 Å². The number of halogens is 1. The highest BCUT2D eigenvalue weighted by Crippen LogP contribution is 2.22. The standard InChI is InChI=1S/C16H17BrN2O2/c1-10(11-3-5-12(17)6-4-11)19-16(20)14-9-13(18)7-8-15(14)21-2/h3-10H,18H2,1-2H3,(H,19,20). The summed E-state index contributed by atoms with van der Waals surface area (Å²) in [5, 5.41) is 2.94. The van der Waals surface area contributed by atoms with Crippen molar-refractivity contribution in [2.75, 3.05) is 12.8 Å². The van der Waals surface area contributed by atoms with Crippen molar-refractivity contribution in [2.45, 2.75) is 13.0 Å². The summed E-state index contributed by atoms with van der Waals surface area (Å²) in [6.45, 7) is 1.93. The Balaban J connectivity index is 2.17. The number of carbonyl (C=O) groups excluding carboxylic acids is 1. The van der Waals surface area contributed by atoms with Crippen LogP contribution in [-0.2, 0) is 0 Å². The Kier molecular flexibility index (Phi) is 4.85. The number of nitrogens with one attached hydrogen (secondary N) is 1. The molecule has 1 atom stereocenters. The van der Waals surface area contributed by atoms with Crippen LogP contribution < -0.4 is 15.8 Å². The molecule has 2 aromatic rings. The third-order valence-electron chi connectivity index (χ3n) is 3.19. The van der Waals surface area contributed by atoms with Gasteiger partial charge in [-0.1, -0.05) is 28.1 Å². The molecule has 0 aliphatic carbocycles. The first-order valence-electron chi connectivity index (χ1n) is 6.51. The largest absolute Gasteiger partial charge is 0.496 e. The van der Waals surface area contributed by atoms with Gasteiger partial charge in [0.2, 0.25) is 0 Å². The molecule has 1 amide bonds. The zero-order valence-corrected chi connectivity index (χ0v) is 13.5. The monoisotopic (exact) mass is 348 g/mol. The highest BCUT2D eigenvalue weighted by molar-refractivity contribution is 9.10. The number of carbonyl (C=O) groups is 1. The fourth-order valence-electron chi connectivity index (χ4n) is 2.01. The number of nitrogens with two attached hydrogens (primary N) is 1. The zero-order valence-electron chi connectivity index (χ0n) is 11.9. The Morgan fingerprint density at radius 1 is 1.24 bits per heavy atom. The minimum Gasteiger partial charge on any atom is -0.496 e. The lowest BCUT2D eigenvalue weighted by Gasteiger charge is -2.16. The lowest BCUT2D eigenvalue weighted by atomic mass is 10.1. The van der Waals surface area contributed by atoms with E-state index in [9.17, 15) is 4.79 Å². The van der Waals surface area contributed by atoms with Crippen LogP contribution in [0.4, 0.5) is 5.69 Å². The molecule has 0 radical (unpaired) electrons. The van der Waals surface area contributed by atoms with E-state index in [2.05, 4.69) is 21.2 Å². The van der Waals surface area contributed by atoms with Gasteiger partial charge in [-0.05, 0) is 42.8 Å². The normalized spacial score (nSPS) is 11.8. The van der Waals surface area contributed by atoms with Crippen LogP contribution in [0.1, 0.15) is 28.9 Å². The van der Waals surface area contributed by atoms with Crippen molar-refractivity contribution in [2.24, 2.45) is 0 Å². The molecule has 5 heteroatoms. The molecule has 3 N–H and O–H groups in total. The number of nitrogen functional groups attached to an aromatic ring is 1. The van der Waals surface area contributed by atoms with E-state index in [0.717, 1.165) is 10.0 Å². The lowest BCUT2D eigenvalue weighted by molar-refractivity contribution is 0.0937. The van der Waals surface area contributed by atoms with E-state index in [-0.39, 0.29) is 11.9 Å². The van der Waals surface area contributed by atoms with Crippen molar-refractivity contribution >= 4 is 27.5 Å². The van der Waals surface area contributed by atoms with Gasteiger partial charge in [-0.25, -0.2) is 0 Å². The molecule has 0 aromatic heterocycles. The second kappa shape index (κ2) is 6.63. The number of amides is 1. The summed E-state index contributed by atoms with van der Waals surface area (Å²) in [7, 11) is 1.53. The summed E-state index contributed by atoms with van der Waals surface area (Å²) in [4.78, 5) is 12.4. The van der Waals surface area contributed by atoms with E-state index in [0.29, 0.717) is 17.0 Å². The van der Waals surface area contributed by atoms with Gasteiger partial charge >= 0.3 is 0 Å². The number of ether oxygens (including phenoxy) is 1. The number of benzene rings is 2. The average Bonchev–Trinajstić information content (AvgIpc) is 2.47. The number of anilines is 1. The molecule has 2 rings (SSSR count). The van der Waals surface area contributed by atoms with E-state index in [1.165, 1.54) is 7.11 Å². The smallest absolute Gasteiger partial charge is 0.255 e. The molecule has 0 spiro atoms. The van der Waals surface area contributed by atoms with Crippen LogP contribution in [0.2, 0.25) is 0 Å². The Labute approximate surface area is 132 Å². The fourth-order valence-corrected chi connectivity index (χ4v) is 2.28. The van der Waals surface area contributed by atoms with Crippen molar-refractivity contribution in [3.05, 3.63) is 58.1 Å². The maximum Gasteiger partial charge on any atom is 0.255 e. The fraction of sp³-hybridized carbons (Fsp3) is 0.188. The number of methoxy groups -OCH3 is 1. The SMILES string of the molecule is COc1ccc(N)cc1C(=O)NC(C)c1ccc(Br)cc1. The first-order chi connectivity index (χ1) is 10.0. The molecule has 1 unspecified atom stereocenters. The Morgan fingerprint density at radius 3 is 2.52 bits per heavy atom.